The number of nitrogens with one attached hydrogen (secondary N) is 2. The van der Waals surface area contributed by atoms with Gasteiger partial charge >= 0.3 is 0 Å². The molecule has 34 heavy (non-hydrogen) atoms. The number of hydrogen-bond acceptors (Lipinski definition) is 8. The van der Waals surface area contributed by atoms with Crippen LogP contribution in [-0.2, 0) is 14.2 Å². The fourth-order valence-electron chi connectivity index (χ4n) is 3.52. The Kier molecular flexibility index (Phi) is 7.00. The molecule has 176 valence electrons. The molecule has 0 radical (unpaired) electrons. The van der Waals surface area contributed by atoms with Crippen molar-refractivity contribution in [2.24, 2.45) is 0 Å². The second kappa shape index (κ2) is 10.1. The van der Waals surface area contributed by atoms with E-state index in [1.807, 2.05) is 24.5 Å². The largest absolute Gasteiger partial charge is 0.454 e. The van der Waals surface area contributed by atoms with Gasteiger partial charge in [-0.25, -0.2) is 9.97 Å². The van der Waals surface area contributed by atoms with Crippen LogP contribution >= 0.6 is 15.9 Å². The lowest BCUT2D eigenvalue weighted by molar-refractivity contribution is -0.0283. The van der Waals surface area contributed by atoms with E-state index in [-0.39, 0.29) is 11.9 Å². The van der Waals surface area contributed by atoms with Crippen molar-refractivity contribution < 1.29 is 19.0 Å². The van der Waals surface area contributed by atoms with Gasteiger partial charge in [0, 0.05) is 42.6 Å². The number of fused-ring (bicyclic) bond motifs is 1. The first-order chi connectivity index (χ1) is 16.4. The van der Waals surface area contributed by atoms with Gasteiger partial charge in [0.15, 0.2) is 0 Å². The summed E-state index contributed by atoms with van der Waals surface area (Å²) < 4.78 is 18.6. The molecule has 10 nitrogen and oxygen atoms in total. The summed E-state index contributed by atoms with van der Waals surface area (Å²) in [5.41, 5.74) is 3.12. The number of nitrogens with zero attached hydrogens (tertiary/aromatic N) is 4. The Hall–Kier alpha value is -3.62. The van der Waals surface area contributed by atoms with Crippen molar-refractivity contribution in [3.05, 3.63) is 58.3 Å². The molecular weight excluding hydrogens is 504 g/mol. The van der Waals surface area contributed by atoms with Crippen molar-refractivity contribution in [1.82, 2.24) is 14.5 Å². The zero-order chi connectivity index (χ0) is 24.2. The third kappa shape index (κ3) is 4.69. The van der Waals surface area contributed by atoms with E-state index in [0.29, 0.717) is 51.5 Å². The molecule has 0 fully saturated rings. The van der Waals surface area contributed by atoms with E-state index in [1.165, 1.54) is 18.7 Å². The molecular formula is C23H23BrN6O4. The molecule has 0 spiro atoms. The number of hydrogen-bond donors (Lipinski definition) is 2. The predicted octanol–water partition coefficient (Wildman–Crippen LogP) is 4.47. The number of pyridine rings is 2. The number of nitriles is 1. The summed E-state index contributed by atoms with van der Waals surface area (Å²) in [4.78, 5) is 22.2. The molecule has 1 aliphatic rings. The number of amides is 1. The van der Waals surface area contributed by atoms with Gasteiger partial charge in [-0.1, -0.05) is 0 Å². The molecule has 1 amide bonds. The Morgan fingerprint density at radius 3 is 2.79 bits per heavy atom. The summed E-state index contributed by atoms with van der Waals surface area (Å²) in [5.74, 6) is -0.0741. The minimum absolute atomic E-state index is 0.0915. The van der Waals surface area contributed by atoms with E-state index >= 15 is 0 Å². The van der Waals surface area contributed by atoms with E-state index < -0.39 is 6.29 Å². The maximum absolute atomic E-state index is 13.3. The van der Waals surface area contributed by atoms with Gasteiger partial charge in [0.25, 0.3) is 12.2 Å². The van der Waals surface area contributed by atoms with Gasteiger partial charge in [-0.2, -0.15) is 5.26 Å². The minimum atomic E-state index is -0.696. The molecule has 3 aromatic heterocycles. The SMILES string of the molecule is COCCNc1cc(NC(=O)c2cn(C(C)C)c3cc(Br)c(C4OC=CO4)nc23)ncc1C#N. The molecule has 11 heteroatoms. The number of halogens is 1. The molecule has 2 N–H and O–H groups in total. The summed E-state index contributed by atoms with van der Waals surface area (Å²) in [6.45, 7) is 5.02. The zero-order valence-corrected chi connectivity index (χ0v) is 20.4. The number of aromatic nitrogens is 3. The summed E-state index contributed by atoms with van der Waals surface area (Å²) in [6.07, 6.45) is 5.38. The Bertz CT molecular complexity index is 1290. The van der Waals surface area contributed by atoms with Crippen LogP contribution in [0.3, 0.4) is 0 Å². The van der Waals surface area contributed by atoms with E-state index in [0.717, 1.165) is 5.52 Å². The first-order valence-electron chi connectivity index (χ1n) is 10.5. The molecule has 0 atom stereocenters. The standard InChI is InChI=1S/C23H23BrN6O4/c1-13(2)30-12-15(20-18(30)8-16(24)21(29-20)23-33-6-7-34-23)22(31)28-19-9-17(26-4-5-32-3)14(10-25)11-27-19/h6-9,11-13,23H,4-5H2,1-3H3,(H2,26,27,28,31). The van der Waals surface area contributed by atoms with Crippen LogP contribution in [0.25, 0.3) is 11.0 Å². The summed E-state index contributed by atoms with van der Waals surface area (Å²) in [6, 6.07) is 5.70. The number of methoxy groups -OCH3 is 1. The Labute approximate surface area is 204 Å². The van der Waals surface area contributed by atoms with Crippen LogP contribution in [-0.4, -0.2) is 40.7 Å². The van der Waals surface area contributed by atoms with E-state index in [4.69, 9.17) is 19.2 Å². The smallest absolute Gasteiger partial charge is 0.284 e. The molecule has 0 unspecified atom stereocenters. The average molecular weight is 527 g/mol. The van der Waals surface area contributed by atoms with Crippen LogP contribution in [0, 0.1) is 11.3 Å². The lowest BCUT2D eigenvalue weighted by Gasteiger charge is -2.13. The minimum Gasteiger partial charge on any atom is -0.454 e. The number of carbonyl (C=O) groups is 1. The van der Waals surface area contributed by atoms with Crippen molar-refractivity contribution >= 4 is 44.4 Å². The second-order valence-electron chi connectivity index (χ2n) is 7.74. The van der Waals surface area contributed by atoms with Crippen molar-refractivity contribution in [1.29, 1.82) is 5.26 Å². The van der Waals surface area contributed by atoms with E-state index in [1.54, 1.807) is 19.4 Å². The first kappa shape index (κ1) is 23.5. The lowest BCUT2D eigenvalue weighted by atomic mass is 10.2. The number of anilines is 2. The molecule has 1 aliphatic heterocycles. The molecule has 0 bridgehead atoms. The molecule has 0 saturated heterocycles. The van der Waals surface area contributed by atoms with Gasteiger partial charge in [0.1, 0.15) is 35.6 Å². The summed E-state index contributed by atoms with van der Waals surface area (Å²) in [7, 11) is 1.60. The number of ether oxygens (including phenoxy) is 3. The maximum atomic E-state index is 13.3. The fourth-order valence-corrected chi connectivity index (χ4v) is 4.01. The van der Waals surface area contributed by atoms with Gasteiger partial charge in [0.2, 0.25) is 0 Å². The second-order valence-corrected chi connectivity index (χ2v) is 8.60. The average Bonchev–Trinajstić information content (AvgIpc) is 3.47. The summed E-state index contributed by atoms with van der Waals surface area (Å²) >= 11 is 3.54. The van der Waals surface area contributed by atoms with Crippen molar-refractivity contribution in [2.45, 2.75) is 26.2 Å². The number of rotatable bonds is 8. The number of carbonyl (C=O) groups excluding carboxylic acids is 1. The van der Waals surface area contributed by atoms with Crippen LogP contribution < -0.4 is 10.6 Å². The van der Waals surface area contributed by atoms with Gasteiger partial charge < -0.3 is 29.4 Å². The molecule has 3 aromatic rings. The molecule has 4 heterocycles. The van der Waals surface area contributed by atoms with Crippen molar-refractivity contribution in [3.8, 4) is 6.07 Å². The third-order valence-corrected chi connectivity index (χ3v) is 5.79. The predicted molar refractivity (Wildman–Crippen MR) is 129 cm³/mol. The van der Waals surface area contributed by atoms with Crippen molar-refractivity contribution in [2.75, 3.05) is 30.9 Å². The van der Waals surface area contributed by atoms with Gasteiger partial charge in [0.05, 0.1) is 28.9 Å². The Morgan fingerprint density at radius 1 is 1.35 bits per heavy atom. The fraction of sp³-hybridized carbons (Fsp3) is 0.304. The quantitative estimate of drug-likeness (QED) is 0.412. The van der Waals surface area contributed by atoms with Crippen LogP contribution in [0.4, 0.5) is 11.5 Å². The van der Waals surface area contributed by atoms with Crippen LogP contribution in [0.15, 0.2) is 41.5 Å². The lowest BCUT2D eigenvalue weighted by Crippen LogP contribution is -2.15. The Morgan fingerprint density at radius 2 is 2.12 bits per heavy atom. The van der Waals surface area contributed by atoms with Crippen LogP contribution in [0.5, 0.6) is 0 Å². The van der Waals surface area contributed by atoms with Gasteiger partial charge in [-0.05, 0) is 35.8 Å². The topological polar surface area (TPSA) is 123 Å². The monoisotopic (exact) mass is 526 g/mol. The maximum Gasteiger partial charge on any atom is 0.284 e. The van der Waals surface area contributed by atoms with Gasteiger partial charge in [-0.15, -0.1) is 0 Å². The first-order valence-corrected chi connectivity index (χ1v) is 11.3. The highest BCUT2D eigenvalue weighted by molar-refractivity contribution is 9.10. The summed E-state index contributed by atoms with van der Waals surface area (Å²) in [5, 5.41) is 15.3. The molecule has 4 rings (SSSR count). The Balaban J connectivity index is 1.69. The molecule has 0 aromatic carbocycles. The molecule has 0 aliphatic carbocycles. The highest BCUT2D eigenvalue weighted by atomic mass is 79.9. The highest BCUT2D eigenvalue weighted by Gasteiger charge is 2.25. The molecule has 0 saturated carbocycles. The third-order valence-electron chi connectivity index (χ3n) is 5.16. The van der Waals surface area contributed by atoms with E-state index in [2.05, 4.69) is 37.6 Å². The van der Waals surface area contributed by atoms with Crippen LogP contribution in [0.1, 0.15) is 47.8 Å². The van der Waals surface area contributed by atoms with Crippen molar-refractivity contribution in [3.63, 3.8) is 0 Å². The zero-order valence-electron chi connectivity index (χ0n) is 18.8. The van der Waals surface area contributed by atoms with E-state index in [9.17, 15) is 10.1 Å². The highest BCUT2D eigenvalue weighted by Crippen LogP contribution is 2.34. The van der Waals surface area contributed by atoms with Crippen LogP contribution in [0.2, 0.25) is 0 Å². The normalized spacial score (nSPS) is 13.1. The van der Waals surface area contributed by atoms with Gasteiger partial charge in [-0.3, -0.25) is 4.79 Å².